The third-order valence-electron chi connectivity index (χ3n) is 4.00. The molecule has 2 aromatic rings. The predicted octanol–water partition coefficient (Wildman–Crippen LogP) is 4.66. The van der Waals surface area contributed by atoms with Crippen molar-refractivity contribution in [3.63, 3.8) is 0 Å². The minimum atomic E-state index is 0. The molecule has 1 aromatic carbocycles. The average Bonchev–Trinajstić information content (AvgIpc) is 2.89. The molecule has 1 N–H and O–H groups in total. The molecule has 1 atom stereocenters. The van der Waals surface area contributed by atoms with Gasteiger partial charge in [-0.1, -0.05) is 23.8 Å². The summed E-state index contributed by atoms with van der Waals surface area (Å²) in [7, 11) is 0. The zero-order chi connectivity index (χ0) is 13.9. The van der Waals surface area contributed by atoms with Crippen LogP contribution in [0, 0.1) is 0 Å². The molecule has 0 saturated carbocycles. The molecule has 2 nitrogen and oxygen atoms in total. The van der Waals surface area contributed by atoms with Gasteiger partial charge in [0.15, 0.2) is 0 Å². The van der Waals surface area contributed by atoms with Gasteiger partial charge in [0, 0.05) is 36.9 Å². The molecule has 122 valence electrons. The Bertz CT molecular complexity index is 605. The van der Waals surface area contributed by atoms with E-state index in [1.54, 1.807) is 0 Å². The van der Waals surface area contributed by atoms with Crippen LogP contribution in [0.25, 0.3) is 10.1 Å². The van der Waals surface area contributed by atoms with Crippen LogP contribution in [-0.2, 0) is 0 Å². The smallest absolute Gasteiger partial charge is 0.0400 e. The van der Waals surface area contributed by atoms with Crippen LogP contribution in [0.15, 0.2) is 41.8 Å². The molecule has 1 aliphatic rings. The molecule has 0 radical (unpaired) electrons. The summed E-state index contributed by atoms with van der Waals surface area (Å²) in [5.41, 5.74) is 2.75. The summed E-state index contributed by atoms with van der Waals surface area (Å²) in [4.78, 5) is 2.61. The number of rotatable bonds is 4. The molecule has 0 spiro atoms. The van der Waals surface area contributed by atoms with Crippen molar-refractivity contribution in [2.75, 3.05) is 26.2 Å². The highest BCUT2D eigenvalue weighted by atomic mass is 35.5. The van der Waals surface area contributed by atoms with E-state index < -0.39 is 0 Å². The normalized spacial score (nSPS) is 16.6. The fourth-order valence-corrected chi connectivity index (χ4v) is 4.02. The maximum Gasteiger partial charge on any atom is 0.0400 e. The number of piperazine rings is 1. The van der Waals surface area contributed by atoms with Gasteiger partial charge < -0.3 is 5.32 Å². The molecule has 0 bridgehead atoms. The van der Waals surface area contributed by atoms with Gasteiger partial charge in [0.1, 0.15) is 0 Å². The fourth-order valence-electron chi connectivity index (χ4n) is 3.02. The topological polar surface area (TPSA) is 15.3 Å². The Hall–Kier alpha value is -0.580. The van der Waals surface area contributed by atoms with Crippen molar-refractivity contribution in [2.24, 2.45) is 0 Å². The molecule has 2 heterocycles. The molecule has 22 heavy (non-hydrogen) atoms. The van der Waals surface area contributed by atoms with Gasteiger partial charge in [-0.15, -0.1) is 42.7 Å². The molecule has 1 aliphatic heterocycles. The first-order valence-corrected chi connectivity index (χ1v) is 8.19. The van der Waals surface area contributed by atoms with Crippen LogP contribution in [-0.4, -0.2) is 31.1 Å². The lowest BCUT2D eigenvalue weighted by Crippen LogP contribution is -2.45. The second-order valence-electron chi connectivity index (χ2n) is 5.65. The Morgan fingerprint density at radius 1 is 1.27 bits per heavy atom. The average molecular weight is 359 g/mol. The van der Waals surface area contributed by atoms with Crippen molar-refractivity contribution in [3.8, 4) is 0 Å². The summed E-state index contributed by atoms with van der Waals surface area (Å²) < 4.78 is 1.39. The van der Waals surface area contributed by atoms with E-state index in [-0.39, 0.29) is 24.8 Å². The van der Waals surface area contributed by atoms with Crippen LogP contribution in [0.3, 0.4) is 0 Å². The number of thiophene rings is 1. The van der Waals surface area contributed by atoms with Gasteiger partial charge in [-0.2, -0.15) is 0 Å². The van der Waals surface area contributed by atoms with Crippen molar-refractivity contribution in [1.29, 1.82) is 0 Å². The molecular weight excluding hydrogens is 335 g/mol. The molecule has 5 heteroatoms. The van der Waals surface area contributed by atoms with E-state index in [1.807, 2.05) is 11.3 Å². The first-order valence-electron chi connectivity index (χ1n) is 7.31. The fraction of sp³-hybridized carbons (Fsp3) is 0.412. The molecule has 1 saturated heterocycles. The van der Waals surface area contributed by atoms with Crippen LogP contribution < -0.4 is 5.32 Å². The Morgan fingerprint density at radius 2 is 1.95 bits per heavy atom. The summed E-state index contributed by atoms with van der Waals surface area (Å²) in [5, 5.41) is 7.21. The number of fused-ring (bicyclic) bond motifs is 1. The van der Waals surface area contributed by atoms with E-state index >= 15 is 0 Å². The first kappa shape index (κ1) is 19.5. The third kappa shape index (κ3) is 4.24. The Morgan fingerprint density at radius 3 is 2.64 bits per heavy atom. The molecule has 1 fully saturated rings. The summed E-state index contributed by atoms with van der Waals surface area (Å²) in [6.45, 7) is 10.7. The highest BCUT2D eigenvalue weighted by molar-refractivity contribution is 7.17. The van der Waals surface area contributed by atoms with Gasteiger partial charge in [0.2, 0.25) is 0 Å². The SMILES string of the molecule is C=C(C)C[C@@H](c1csc2ccccc12)N1CCNCC1.Cl.Cl. The largest absolute Gasteiger partial charge is 0.314 e. The molecule has 0 aliphatic carbocycles. The van der Waals surface area contributed by atoms with Crippen LogP contribution >= 0.6 is 36.2 Å². The molecule has 1 aromatic heterocycles. The summed E-state index contributed by atoms with van der Waals surface area (Å²) >= 11 is 1.86. The van der Waals surface area contributed by atoms with E-state index in [0.717, 1.165) is 32.6 Å². The van der Waals surface area contributed by atoms with Gasteiger partial charge in [-0.05, 0) is 35.7 Å². The molecule has 3 rings (SSSR count). The number of hydrogen-bond donors (Lipinski definition) is 1. The lowest BCUT2D eigenvalue weighted by molar-refractivity contribution is 0.173. The van der Waals surface area contributed by atoms with Crippen molar-refractivity contribution < 1.29 is 0 Å². The number of hydrogen-bond acceptors (Lipinski definition) is 3. The van der Waals surface area contributed by atoms with Crippen LogP contribution in [0.1, 0.15) is 24.9 Å². The second-order valence-corrected chi connectivity index (χ2v) is 6.56. The van der Waals surface area contributed by atoms with E-state index in [1.165, 1.54) is 21.2 Å². The van der Waals surface area contributed by atoms with E-state index in [0.29, 0.717) is 6.04 Å². The van der Waals surface area contributed by atoms with Crippen LogP contribution in [0.4, 0.5) is 0 Å². The van der Waals surface area contributed by atoms with E-state index in [9.17, 15) is 0 Å². The maximum absolute atomic E-state index is 4.14. The van der Waals surface area contributed by atoms with Crippen LogP contribution in [0.2, 0.25) is 0 Å². The Balaban J connectivity index is 0.00000121. The molecule has 0 unspecified atom stereocenters. The van der Waals surface area contributed by atoms with Gasteiger partial charge in [0.05, 0.1) is 0 Å². The van der Waals surface area contributed by atoms with Crippen molar-refractivity contribution >= 4 is 46.2 Å². The predicted molar refractivity (Wildman–Crippen MR) is 103 cm³/mol. The van der Waals surface area contributed by atoms with E-state index in [2.05, 4.69) is 53.4 Å². The summed E-state index contributed by atoms with van der Waals surface area (Å²) in [6, 6.07) is 9.23. The van der Waals surface area contributed by atoms with Gasteiger partial charge in [-0.3, -0.25) is 4.90 Å². The molecular formula is C17H24Cl2N2S. The van der Waals surface area contributed by atoms with Gasteiger partial charge in [0.25, 0.3) is 0 Å². The first-order chi connectivity index (χ1) is 9.75. The summed E-state index contributed by atoms with van der Waals surface area (Å²) in [5.74, 6) is 0. The summed E-state index contributed by atoms with van der Waals surface area (Å²) in [6.07, 6.45) is 1.06. The van der Waals surface area contributed by atoms with Crippen molar-refractivity contribution in [2.45, 2.75) is 19.4 Å². The minimum Gasteiger partial charge on any atom is -0.314 e. The lowest BCUT2D eigenvalue weighted by Gasteiger charge is -2.35. The van der Waals surface area contributed by atoms with Gasteiger partial charge >= 0.3 is 0 Å². The minimum absolute atomic E-state index is 0. The highest BCUT2D eigenvalue weighted by Gasteiger charge is 2.24. The quantitative estimate of drug-likeness (QED) is 0.799. The number of halogens is 2. The number of nitrogens with one attached hydrogen (secondary N) is 1. The van der Waals surface area contributed by atoms with Crippen LogP contribution in [0.5, 0.6) is 0 Å². The zero-order valence-corrected chi connectivity index (χ0v) is 15.3. The van der Waals surface area contributed by atoms with Crippen molar-refractivity contribution in [3.05, 3.63) is 47.4 Å². The lowest BCUT2D eigenvalue weighted by atomic mass is 9.97. The zero-order valence-electron chi connectivity index (χ0n) is 12.9. The van der Waals surface area contributed by atoms with Crippen molar-refractivity contribution in [1.82, 2.24) is 10.2 Å². The highest BCUT2D eigenvalue weighted by Crippen LogP contribution is 2.36. The Labute approximate surface area is 149 Å². The van der Waals surface area contributed by atoms with Gasteiger partial charge in [-0.25, -0.2) is 0 Å². The number of benzene rings is 1. The molecule has 0 amide bonds. The maximum atomic E-state index is 4.14. The second kappa shape index (κ2) is 8.90. The van der Waals surface area contributed by atoms with E-state index in [4.69, 9.17) is 0 Å². The standard InChI is InChI=1S/C17H22N2S.2ClH/c1-13(2)11-16(19-9-7-18-8-10-19)15-12-20-17-6-4-3-5-14(15)17;;/h3-6,12,16,18H,1,7-11H2,2H3;2*1H/t16-;;/m0../s1. The monoisotopic (exact) mass is 358 g/mol. The number of nitrogens with zero attached hydrogens (tertiary/aromatic N) is 1. The third-order valence-corrected chi connectivity index (χ3v) is 4.99. The Kier molecular flexibility index (Phi) is 7.87.